The third kappa shape index (κ3) is 3.65. The normalized spacial score (nSPS) is 20.9. The SMILES string of the molecule is COc1ccc(NC(=O)NC2CCCC2C(=O)O)c(C)c1. The van der Waals surface area contributed by atoms with Gasteiger partial charge < -0.3 is 20.5 Å². The van der Waals surface area contributed by atoms with Gasteiger partial charge in [0, 0.05) is 11.7 Å². The van der Waals surface area contributed by atoms with Crippen LogP contribution >= 0.6 is 0 Å². The zero-order valence-electron chi connectivity index (χ0n) is 12.2. The molecule has 3 N–H and O–H groups in total. The number of carbonyl (C=O) groups excluding carboxylic acids is 1. The van der Waals surface area contributed by atoms with E-state index in [9.17, 15) is 9.59 Å². The molecule has 1 saturated carbocycles. The van der Waals surface area contributed by atoms with Gasteiger partial charge in [-0.15, -0.1) is 0 Å². The highest BCUT2D eigenvalue weighted by atomic mass is 16.5. The Morgan fingerprint density at radius 3 is 2.71 bits per heavy atom. The zero-order valence-corrected chi connectivity index (χ0v) is 12.2. The number of benzene rings is 1. The van der Waals surface area contributed by atoms with Crippen LogP contribution in [-0.2, 0) is 4.79 Å². The molecule has 0 bridgehead atoms. The van der Waals surface area contributed by atoms with Crippen molar-refractivity contribution in [2.45, 2.75) is 32.2 Å². The van der Waals surface area contributed by atoms with E-state index in [1.807, 2.05) is 13.0 Å². The maximum atomic E-state index is 12.0. The molecule has 2 unspecified atom stereocenters. The van der Waals surface area contributed by atoms with Crippen molar-refractivity contribution in [3.8, 4) is 5.75 Å². The summed E-state index contributed by atoms with van der Waals surface area (Å²) >= 11 is 0. The number of urea groups is 1. The lowest BCUT2D eigenvalue weighted by atomic mass is 10.0. The van der Waals surface area contributed by atoms with Gasteiger partial charge in [-0.2, -0.15) is 0 Å². The Morgan fingerprint density at radius 2 is 2.10 bits per heavy atom. The molecular formula is C15H20N2O4. The Bertz CT molecular complexity index is 544. The van der Waals surface area contributed by atoms with Crippen LogP contribution < -0.4 is 15.4 Å². The summed E-state index contributed by atoms with van der Waals surface area (Å²) in [6.45, 7) is 1.87. The van der Waals surface area contributed by atoms with Crippen LogP contribution in [0, 0.1) is 12.8 Å². The van der Waals surface area contributed by atoms with Gasteiger partial charge in [-0.3, -0.25) is 4.79 Å². The third-order valence-electron chi connectivity index (χ3n) is 3.83. The van der Waals surface area contributed by atoms with Crippen LogP contribution in [0.4, 0.5) is 10.5 Å². The summed E-state index contributed by atoms with van der Waals surface area (Å²) in [6.07, 6.45) is 2.14. The average Bonchev–Trinajstić information content (AvgIpc) is 2.89. The predicted octanol–water partition coefficient (Wildman–Crippen LogP) is 2.38. The molecule has 21 heavy (non-hydrogen) atoms. The maximum absolute atomic E-state index is 12.0. The molecule has 1 aromatic carbocycles. The summed E-state index contributed by atoms with van der Waals surface area (Å²) in [6, 6.07) is 4.67. The predicted molar refractivity (Wildman–Crippen MR) is 78.7 cm³/mol. The first kappa shape index (κ1) is 15.2. The quantitative estimate of drug-likeness (QED) is 0.795. The zero-order chi connectivity index (χ0) is 15.4. The Morgan fingerprint density at radius 1 is 1.33 bits per heavy atom. The molecular weight excluding hydrogens is 272 g/mol. The summed E-state index contributed by atoms with van der Waals surface area (Å²) in [7, 11) is 1.58. The van der Waals surface area contributed by atoms with Gasteiger partial charge in [-0.05, 0) is 43.5 Å². The van der Waals surface area contributed by atoms with Crippen molar-refractivity contribution in [2.75, 3.05) is 12.4 Å². The largest absolute Gasteiger partial charge is 0.497 e. The second kappa shape index (κ2) is 6.47. The smallest absolute Gasteiger partial charge is 0.319 e. The second-order valence-corrected chi connectivity index (χ2v) is 5.26. The molecule has 2 rings (SSSR count). The van der Waals surface area contributed by atoms with E-state index >= 15 is 0 Å². The lowest BCUT2D eigenvalue weighted by Crippen LogP contribution is -2.42. The number of nitrogens with one attached hydrogen (secondary N) is 2. The van der Waals surface area contributed by atoms with Crippen LogP contribution in [0.15, 0.2) is 18.2 Å². The third-order valence-corrected chi connectivity index (χ3v) is 3.83. The fourth-order valence-corrected chi connectivity index (χ4v) is 2.66. The van der Waals surface area contributed by atoms with Crippen molar-refractivity contribution >= 4 is 17.7 Å². The molecule has 1 fully saturated rings. The Balaban J connectivity index is 1.97. The number of carbonyl (C=O) groups is 2. The fraction of sp³-hybridized carbons (Fsp3) is 0.467. The number of carboxylic acid groups (broad SMARTS) is 1. The van der Waals surface area contributed by atoms with E-state index in [0.717, 1.165) is 17.7 Å². The summed E-state index contributed by atoms with van der Waals surface area (Å²) in [5, 5.41) is 14.6. The standard InChI is InChI=1S/C15H20N2O4/c1-9-8-10(21-2)6-7-12(9)16-15(20)17-13-5-3-4-11(13)14(18)19/h6-8,11,13H,3-5H2,1-2H3,(H,18,19)(H2,16,17,20). The highest BCUT2D eigenvalue weighted by molar-refractivity contribution is 5.90. The van der Waals surface area contributed by atoms with Crippen LogP contribution in [-0.4, -0.2) is 30.3 Å². The van der Waals surface area contributed by atoms with Crippen LogP contribution in [0.5, 0.6) is 5.75 Å². The van der Waals surface area contributed by atoms with Gasteiger partial charge in [0.2, 0.25) is 0 Å². The number of aryl methyl sites for hydroxylation is 1. The Labute approximate surface area is 123 Å². The van der Waals surface area contributed by atoms with Crippen LogP contribution in [0.2, 0.25) is 0 Å². The van der Waals surface area contributed by atoms with Crippen molar-refractivity contribution in [1.82, 2.24) is 5.32 Å². The van der Waals surface area contributed by atoms with E-state index in [2.05, 4.69) is 10.6 Å². The van der Waals surface area contributed by atoms with Crippen molar-refractivity contribution < 1.29 is 19.4 Å². The average molecular weight is 292 g/mol. The first-order chi connectivity index (χ1) is 10.0. The molecule has 114 valence electrons. The topological polar surface area (TPSA) is 87.7 Å². The molecule has 1 aliphatic carbocycles. The van der Waals surface area contributed by atoms with Gasteiger partial charge in [0.25, 0.3) is 0 Å². The molecule has 0 spiro atoms. The van der Waals surface area contributed by atoms with Gasteiger partial charge in [-0.25, -0.2) is 4.79 Å². The second-order valence-electron chi connectivity index (χ2n) is 5.26. The van der Waals surface area contributed by atoms with Crippen LogP contribution in [0.3, 0.4) is 0 Å². The molecule has 2 amide bonds. The van der Waals surface area contributed by atoms with E-state index in [1.54, 1.807) is 19.2 Å². The Kier molecular flexibility index (Phi) is 4.67. The number of anilines is 1. The number of carboxylic acids is 1. The first-order valence-corrected chi connectivity index (χ1v) is 6.96. The summed E-state index contributed by atoms with van der Waals surface area (Å²) in [4.78, 5) is 23.1. The number of methoxy groups -OCH3 is 1. The maximum Gasteiger partial charge on any atom is 0.319 e. The number of amides is 2. The molecule has 1 aromatic rings. The number of hydrogen-bond donors (Lipinski definition) is 3. The van der Waals surface area contributed by atoms with Gasteiger partial charge >= 0.3 is 12.0 Å². The number of aliphatic carboxylic acids is 1. The van der Waals surface area contributed by atoms with Crippen molar-refractivity contribution in [1.29, 1.82) is 0 Å². The van der Waals surface area contributed by atoms with Crippen molar-refractivity contribution in [2.24, 2.45) is 5.92 Å². The van der Waals surface area contributed by atoms with E-state index in [4.69, 9.17) is 9.84 Å². The summed E-state index contributed by atoms with van der Waals surface area (Å²) in [5.74, 6) is -0.619. The minimum absolute atomic E-state index is 0.305. The van der Waals surface area contributed by atoms with E-state index < -0.39 is 11.9 Å². The van der Waals surface area contributed by atoms with Gasteiger partial charge in [-0.1, -0.05) is 6.42 Å². The molecule has 0 aromatic heterocycles. The Hall–Kier alpha value is -2.24. The van der Waals surface area contributed by atoms with E-state index in [0.29, 0.717) is 18.5 Å². The van der Waals surface area contributed by atoms with Crippen LogP contribution in [0.1, 0.15) is 24.8 Å². The number of ether oxygens (including phenoxy) is 1. The van der Waals surface area contributed by atoms with E-state index in [-0.39, 0.29) is 12.1 Å². The molecule has 6 nitrogen and oxygen atoms in total. The van der Waals surface area contributed by atoms with E-state index in [1.165, 1.54) is 0 Å². The highest BCUT2D eigenvalue weighted by Crippen LogP contribution is 2.26. The molecule has 0 heterocycles. The molecule has 1 aliphatic rings. The van der Waals surface area contributed by atoms with Gasteiger partial charge in [0.15, 0.2) is 0 Å². The highest BCUT2D eigenvalue weighted by Gasteiger charge is 2.33. The van der Waals surface area contributed by atoms with Gasteiger partial charge in [0.05, 0.1) is 13.0 Å². The summed E-state index contributed by atoms with van der Waals surface area (Å²) < 4.78 is 5.11. The monoisotopic (exact) mass is 292 g/mol. The molecule has 0 radical (unpaired) electrons. The molecule has 0 saturated heterocycles. The van der Waals surface area contributed by atoms with Crippen molar-refractivity contribution in [3.05, 3.63) is 23.8 Å². The van der Waals surface area contributed by atoms with Gasteiger partial charge in [0.1, 0.15) is 5.75 Å². The number of hydrogen-bond acceptors (Lipinski definition) is 3. The fourth-order valence-electron chi connectivity index (χ4n) is 2.66. The van der Waals surface area contributed by atoms with Crippen molar-refractivity contribution in [3.63, 3.8) is 0 Å². The van der Waals surface area contributed by atoms with Crippen LogP contribution in [0.25, 0.3) is 0 Å². The molecule has 0 aliphatic heterocycles. The number of rotatable bonds is 4. The lowest BCUT2D eigenvalue weighted by molar-refractivity contribution is -0.142. The first-order valence-electron chi connectivity index (χ1n) is 6.96. The lowest BCUT2D eigenvalue weighted by Gasteiger charge is -2.18. The molecule has 6 heteroatoms. The molecule has 2 atom stereocenters. The summed E-state index contributed by atoms with van der Waals surface area (Å²) in [5.41, 5.74) is 1.56. The minimum atomic E-state index is -0.849. The minimum Gasteiger partial charge on any atom is -0.497 e.